The number of pyridine rings is 1. The SMILES string of the molecule is COc1cnc(O[C@@H]2C[C@H]3C(=O)N[C@]4(C(=O)NS(=O)(=O)C5CC5)C[C@H]4/C=C\CC[C@@H](C)C[C@@H](C)[C@H](NC(=O)OC(C)(C)C)C(=O)N3C2)c2ccccc12. The van der Waals surface area contributed by atoms with E-state index in [9.17, 15) is 27.6 Å². The highest BCUT2D eigenvalue weighted by molar-refractivity contribution is 7.91. The number of aromatic nitrogens is 1. The van der Waals surface area contributed by atoms with Crippen molar-refractivity contribution in [1.82, 2.24) is 25.2 Å². The van der Waals surface area contributed by atoms with Crippen LogP contribution >= 0.6 is 0 Å². The molecule has 0 unspecified atom stereocenters. The van der Waals surface area contributed by atoms with Crippen molar-refractivity contribution < 1.29 is 41.8 Å². The Morgan fingerprint density at radius 3 is 2.45 bits per heavy atom. The molecule has 53 heavy (non-hydrogen) atoms. The molecule has 0 radical (unpaired) electrons. The van der Waals surface area contributed by atoms with Crippen molar-refractivity contribution in [3.63, 3.8) is 0 Å². The molecule has 288 valence electrons. The molecule has 2 aliphatic heterocycles. The zero-order chi connectivity index (χ0) is 38.3. The highest BCUT2D eigenvalue weighted by atomic mass is 32.2. The van der Waals surface area contributed by atoms with Gasteiger partial charge in [-0.2, -0.15) is 0 Å². The van der Waals surface area contributed by atoms with Crippen LogP contribution in [-0.2, 0) is 29.1 Å². The van der Waals surface area contributed by atoms with E-state index in [0.717, 1.165) is 11.8 Å². The van der Waals surface area contributed by atoms with Crippen LogP contribution in [0.2, 0.25) is 0 Å². The summed E-state index contributed by atoms with van der Waals surface area (Å²) in [4.78, 5) is 61.9. The lowest BCUT2D eigenvalue weighted by atomic mass is 9.88. The predicted octanol–water partition coefficient (Wildman–Crippen LogP) is 3.98. The third-order valence-corrected chi connectivity index (χ3v) is 12.3. The number of hydrogen-bond acceptors (Lipinski definition) is 10. The van der Waals surface area contributed by atoms with Gasteiger partial charge in [0, 0.05) is 23.1 Å². The second-order valence-corrected chi connectivity index (χ2v) is 18.0. The molecule has 3 fully saturated rings. The normalized spacial score (nSPS) is 30.1. The van der Waals surface area contributed by atoms with Crippen molar-refractivity contribution in [2.45, 2.75) is 114 Å². The summed E-state index contributed by atoms with van der Waals surface area (Å²) in [6.45, 7) is 9.15. The highest BCUT2D eigenvalue weighted by Crippen LogP contribution is 2.46. The lowest BCUT2D eigenvalue weighted by molar-refractivity contribution is -0.142. The van der Waals surface area contributed by atoms with Gasteiger partial charge in [-0.3, -0.25) is 19.1 Å². The van der Waals surface area contributed by atoms with Crippen LogP contribution in [0.3, 0.4) is 0 Å². The van der Waals surface area contributed by atoms with Gasteiger partial charge in [-0.25, -0.2) is 18.2 Å². The predicted molar refractivity (Wildman–Crippen MR) is 196 cm³/mol. The van der Waals surface area contributed by atoms with Gasteiger partial charge in [0.1, 0.15) is 35.1 Å². The zero-order valence-corrected chi connectivity index (χ0v) is 32.0. The monoisotopic (exact) mass is 753 g/mol. The summed E-state index contributed by atoms with van der Waals surface area (Å²) in [5, 5.41) is 6.51. The molecule has 4 aliphatic rings. The van der Waals surface area contributed by atoms with Gasteiger partial charge in [0.05, 0.1) is 25.1 Å². The Kier molecular flexibility index (Phi) is 10.7. The minimum Gasteiger partial charge on any atom is -0.494 e. The first-order chi connectivity index (χ1) is 25.0. The summed E-state index contributed by atoms with van der Waals surface area (Å²) in [6, 6.07) is 5.26. The number of rotatable bonds is 7. The van der Waals surface area contributed by atoms with E-state index in [0.29, 0.717) is 42.7 Å². The summed E-state index contributed by atoms with van der Waals surface area (Å²) in [5.74, 6) is -1.68. The van der Waals surface area contributed by atoms with Crippen LogP contribution in [0.4, 0.5) is 4.79 Å². The minimum atomic E-state index is -3.90. The van der Waals surface area contributed by atoms with Gasteiger partial charge in [0.25, 0.3) is 5.91 Å². The first-order valence-electron chi connectivity index (χ1n) is 18.4. The molecular formula is C38H51N5O9S. The van der Waals surface area contributed by atoms with Crippen molar-refractivity contribution >= 4 is 44.6 Å². The summed E-state index contributed by atoms with van der Waals surface area (Å²) < 4.78 is 45.4. The molecule has 0 spiro atoms. The third kappa shape index (κ3) is 8.55. The minimum absolute atomic E-state index is 0.0215. The summed E-state index contributed by atoms with van der Waals surface area (Å²) >= 11 is 0. The molecule has 15 heteroatoms. The molecule has 4 amide bonds. The fraction of sp³-hybridized carbons (Fsp3) is 0.605. The zero-order valence-electron chi connectivity index (χ0n) is 31.2. The van der Waals surface area contributed by atoms with Crippen molar-refractivity contribution in [3.8, 4) is 11.6 Å². The Morgan fingerprint density at radius 2 is 1.77 bits per heavy atom. The van der Waals surface area contributed by atoms with Crippen LogP contribution in [0.1, 0.15) is 79.6 Å². The van der Waals surface area contributed by atoms with Gasteiger partial charge < -0.3 is 29.7 Å². The van der Waals surface area contributed by atoms with Gasteiger partial charge in [0.2, 0.25) is 27.7 Å². The van der Waals surface area contributed by atoms with E-state index in [1.165, 1.54) is 4.90 Å². The van der Waals surface area contributed by atoms with E-state index >= 15 is 0 Å². The number of benzene rings is 1. The maximum Gasteiger partial charge on any atom is 0.408 e. The molecule has 1 aromatic carbocycles. The first kappa shape index (κ1) is 38.3. The highest BCUT2D eigenvalue weighted by Gasteiger charge is 2.62. The molecule has 1 aromatic heterocycles. The van der Waals surface area contributed by atoms with E-state index in [2.05, 4.69) is 27.3 Å². The Labute approximate surface area is 310 Å². The molecule has 2 saturated carbocycles. The van der Waals surface area contributed by atoms with E-state index in [-0.39, 0.29) is 31.2 Å². The number of amides is 4. The van der Waals surface area contributed by atoms with Crippen molar-refractivity contribution in [2.75, 3.05) is 13.7 Å². The van der Waals surface area contributed by atoms with E-state index < -0.39 is 74.3 Å². The maximum absolute atomic E-state index is 14.7. The number of alkyl carbamates (subject to hydrolysis) is 1. The number of allylic oxidation sites excluding steroid dienone is 1. The first-order valence-corrected chi connectivity index (χ1v) is 20.0. The lowest BCUT2D eigenvalue weighted by Crippen LogP contribution is -2.59. The van der Waals surface area contributed by atoms with Gasteiger partial charge in [0.15, 0.2) is 0 Å². The molecule has 2 aromatic rings. The molecule has 14 nitrogen and oxygen atoms in total. The fourth-order valence-corrected chi connectivity index (χ4v) is 8.85. The van der Waals surface area contributed by atoms with Gasteiger partial charge in [-0.15, -0.1) is 0 Å². The van der Waals surface area contributed by atoms with Gasteiger partial charge in [-0.05, 0) is 77.2 Å². The number of sulfonamides is 1. The number of fused-ring (bicyclic) bond motifs is 3. The van der Waals surface area contributed by atoms with Crippen molar-refractivity contribution in [1.29, 1.82) is 0 Å². The summed E-state index contributed by atoms with van der Waals surface area (Å²) in [6.07, 6.45) is 7.16. The topological polar surface area (TPSA) is 182 Å². The standard InChI is InChI=1S/C38H51N5O9S/c1-22-11-7-8-12-24-19-38(24,35(46)42-53(48,49)26-15-16-26)41-32(44)29-18-25(51-33-28-14-10-9-13-27(28)30(50-6)20-39-33)21-43(29)34(45)31(23(2)17-22)40-36(47)52-37(3,4)5/h8-10,12-14,20,22-26,29,31H,7,11,15-19,21H2,1-6H3,(H,40,47)(H,41,44)(H,42,46)/b12-8-/t22-,23-,24-,25-,29+,31+,38-/m1/s1. The smallest absolute Gasteiger partial charge is 0.408 e. The largest absolute Gasteiger partial charge is 0.494 e. The summed E-state index contributed by atoms with van der Waals surface area (Å²) in [7, 11) is -2.35. The van der Waals surface area contributed by atoms with Gasteiger partial charge >= 0.3 is 6.09 Å². The van der Waals surface area contributed by atoms with Crippen LogP contribution in [0.5, 0.6) is 11.6 Å². The Balaban J connectivity index is 1.35. The molecule has 6 rings (SSSR count). The van der Waals surface area contributed by atoms with Crippen LogP contribution in [0.25, 0.3) is 10.8 Å². The van der Waals surface area contributed by atoms with Crippen LogP contribution in [0.15, 0.2) is 42.6 Å². The molecule has 0 bridgehead atoms. The van der Waals surface area contributed by atoms with Crippen LogP contribution in [0, 0.1) is 17.8 Å². The number of carbonyl (C=O) groups is 4. The van der Waals surface area contributed by atoms with Crippen LogP contribution < -0.4 is 24.8 Å². The lowest BCUT2D eigenvalue weighted by Gasteiger charge is -2.33. The number of methoxy groups -OCH3 is 1. The molecule has 2 aliphatic carbocycles. The number of carbonyl (C=O) groups excluding carboxylic acids is 4. The molecular weight excluding hydrogens is 703 g/mol. The second-order valence-electron chi connectivity index (χ2n) is 16.1. The van der Waals surface area contributed by atoms with Crippen molar-refractivity contribution in [2.24, 2.45) is 17.8 Å². The number of nitrogens with zero attached hydrogens (tertiary/aromatic N) is 2. The quantitative estimate of drug-likeness (QED) is 0.350. The Hall–Kier alpha value is -4.40. The number of nitrogens with one attached hydrogen (secondary N) is 3. The van der Waals surface area contributed by atoms with E-state index in [1.807, 2.05) is 43.3 Å². The molecule has 3 N–H and O–H groups in total. The Bertz CT molecular complexity index is 1890. The second kappa shape index (κ2) is 14.8. The van der Waals surface area contributed by atoms with Crippen molar-refractivity contribution in [3.05, 3.63) is 42.6 Å². The summed E-state index contributed by atoms with van der Waals surface area (Å²) in [5.41, 5.74) is -2.33. The van der Waals surface area contributed by atoms with E-state index in [4.69, 9.17) is 14.2 Å². The number of hydrogen-bond donors (Lipinski definition) is 3. The third-order valence-electron chi connectivity index (χ3n) is 10.5. The molecule has 3 heterocycles. The average molecular weight is 754 g/mol. The van der Waals surface area contributed by atoms with Crippen LogP contribution in [-0.4, -0.2) is 90.3 Å². The van der Waals surface area contributed by atoms with Gasteiger partial charge in [-0.1, -0.05) is 44.2 Å². The van der Waals surface area contributed by atoms with E-state index in [1.54, 1.807) is 34.1 Å². The average Bonchev–Trinajstić information content (AvgIpc) is 4.01. The molecule has 7 atom stereocenters. The Morgan fingerprint density at radius 1 is 1.06 bits per heavy atom. The number of ether oxygens (including phenoxy) is 3. The maximum atomic E-state index is 14.7. The molecule has 1 saturated heterocycles. The fourth-order valence-electron chi connectivity index (χ4n) is 7.49.